The highest BCUT2D eigenvalue weighted by atomic mass is 35.5. The zero-order valence-corrected chi connectivity index (χ0v) is 11.5. The van der Waals surface area contributed by atoms with Crippen molar-refractivity contribution >= 4 is 18.4 Å². The summed E-state index contributed by atoms with van der Waals surface area (Å²) in [5, 5.41) is 0. The Labute approximate surface area is 110 Å². The second-order valence-corrected chi connectivity index (χ2v) is 4.54. The van der Waals surface area contributed by atoms with Crippen LogP contribution in [0.1, 0.15) is 39.5 Å². The highest BCUT2D eigenvalue weighted by Gasteiger charge is 2.25. The third kappa shape index (κ3) is 5.43. The summed E-state index contributed by atoms with van der Waals surface area (Å²) in [6, 6.07) is 0. The first kappa shape index (κ1) is 16.3. The van der Waals surface area contributed by atoms with Gasteiger partial charge in [-0.15, -0.1) is 18.8 Å². The van der Waals surface area contributed by atoms with Crippen molar-refractivity contribution in [3.63, 3.8) is 0 Å². The lowest BCUT2D eigenvalue weighted by molar-refractivity contribution is -0.154. The monoisotopic (exact) mass is 259 g/mol. The molecule has 0 radical (unpaired) electrons. The number of piperidine rings is 1. The van der Waals surface area contributed by atoms with E-state index in [1.54, 1.807) is 6.92 Å². The molecule has 0 aromatic carbocycles. The third-order valence-electron chi connectivity index (χ3n) is 3.12. The minimum atomic E-state index is -0.743. The molecule has 1 atom stereocenters. The number of halogens is 1. The van der Waals surface area contributed by atoms with Gasteiger partial charge in [0.25, 0.3) is 0 Å². The van der Waals surface area contributed by atoms with E-state index in [9.17, 15) is 4.79 Å². The fraction of sp³-hybridized carbons (Fsp3) is 0.769. The molecule has 0 saturated carbocycles. The number of carbonyl (C=O) groups is 1. The SMILES string of the molecule is C#CC(C)(CC)OC(=O)CN1CCCCC1.Cl. The number of ether oxygens (including phenoxy) is 1. The molecule has 1 aliphatic rings. The van der Waals surface area contributed by atoms with Gasteiger partial charge in [0.2, 0.25) is 0 Å². The number of esters is 1. The van der Waals surface area contributed by atoms with E-state index in [1.165, 1.54) is 19.3 Å². The summed E-state index contributed by atoms with van der Waals surface area (Å²) in [6.07, 6.45) is 9.62. The third-order valence-corrected chi connectivity index (χ3v) is 3.12. The van der Waals surface area contributed by atoms with Gasteiger partial charge < -0.3 is 4.74 Å². The van der Waals surface area contributed by atoms with Gasteiger partial charge in [0, 0.05) is 0 Å². The number of carbonyl (C=O) groups excluding carboxylic acids is 1. The lowest BCUT2D eigenvalue weighted by Gasteiger charge is -2.28. The van der Waals surface area contributed by atoms with E-state index < -0.39 is 5.60 Å². The van der Waals surface area contributed by atoms with Gasteiger partial charge in [-0.25, -0.2) is 0 Å². The van der Waals surface area contributed by atoms with Crippen molar-refractivity contribution in [2.45, 2.75) is 45.1 Å². The molecular weight excluding hydrogens is 238 g/mol. The second-order valence-electron chi connectivity index (χ2n) is 4.54. The molecule has 0 N–H and O–H groups in total. The van der Waals surface area contributed by atoms with Gasteiger partial charge in [0.1, 0.15) is 0 Å². The van der Waals surface area contributed by atoms with Crippen molar-refractivity contribution < 1.29 is 9.53 Å². The largest absolute Gasteiger partial charge is 0.445 e. The topological polar surface area (TPSA) is 29.5 Å². The Morgan fingerprint density at radius 3 is 2.47 bits per heavy atom. The quantitative estimate of drug-likeness (QED) is 0.573. The molecule has 0 aromatic heterocycles. The summed E-state index contributed by atoms with van der Waals surface area (Å²) >= 11 is 0. The van der Waals surface area contributed by atoms with Crippen molar-refractivity contribution in [2.24, 2.45) is 0 Å². The molecule has 4 heteroatoms. The fourth-order valence-corrected chi connectivity index (χ4v) is 1.79. The summed E-state index contributed by atoms with van der Waals surface area (Å²) in [7, 11) is 0. The maximum absolute atomic E-state index is 11.7. The van der Waals surface area contributed by atoms with Gasteiger partial charge in [0.15, 0.2) is 5.60 Å². The van der Waals surface area contributed by atoms with Gasteiger partial charge in [-0.05, 0) is 39.3 Å². The Morgan fingerprint density at radius 1 is 1.41 bits per heavy atom. The summed E-state index contributed by atoms with van der Waals surface area (Å²) in [6.45, 7) is 6.06. The minimum Gasteiger partial charge on any atom is -0.445 e. The Morgan fingerprint density at radius 2 is 2.00 bits per heavy atom. The molecule has 1 aliphatic heterocycles. The van der Waals surface area contributed by atoms with Gasteiger partial charge in [-0.1, -0.05) is 19.3 Å². The summed E-state index contributed by atoms with van der Waals surface area (Å²) < 4.78 is 5.32. The lowest BCUT2D eigenvalue weighted by Crippen LogP contribution is -2.39. The van der Waals surface area contributed by atoms with Crippen LogP contribution in [-0.4, -0.2) is 36.1 Å². The van der Waals surface area contributed by atoms with Crippen molar-refractivity contribution in [3.05, 3.63) is 0 Å². The average Bonchev–Trinajstić information content (AvgIpc) is 2.30. The first-order chi connectivity index (χ1) is 7.59. The summed E-state index contributed by atoms with van der Waals surface area (Å²) in [5.74, 6) is 2.33. The molecule has 1 fully saturated rings. The van der Waals surface area contributed by atoms with Crippen LogP contribution in [-0.2, 0) is 9.53 Å². The zero-order valence-electron chi connectivity index (χ0n) is 10.7. The molecule has 0 aliphatic carbocycles. The first-order valence-electron chi connectivity index (χ1n) is 6.01. The van der Waals surface area contributed by atoms with E-state index >= 15 is 0 Å². The van der Waals surface area contributed by atoms with Crippen LogP contribution in [0.3, 0.4) is 0 Å². The van der Waals surface area contributed by atoms with Crippen LogP contribution in [0, 0.1) is 12.3 Å². The minimum absolute atomic E-state index is 0. The second kappa shape index (κ2) is 7.58. The van der Waals surface area contributed by atoms with Gasteiger partial charge in [-0.2, -0.15) is 0 Å². The van der Waals surface area contributed by atoms with E-state index in [2.05, 4.69) is 10.8 Å². The van der Waals surface area contributed by atoms with E-state index in [4.69, 9.17) is 11.2 Å². The number of terminal acetylenes is 1. The number of hydrogen-bond acceptors (Lipinski definition) is 3. The lowest BCUT2D eigenvalue weighted by atomic mass is 10.1. The van der Waals surface area contributed by atoms with E-state index in [0.29, 0.717) is 13.0 Å². The predicted octanol–water partition coefficient (Wildman–Crippen LogP) is 2.24. The Bertz CT molecular complexity index is 282. The van der Waals surface area contributed by atoms with Crippen molar-refractivity contribution in [1.29, 1.82) is 0 Å². The van der Waals surface area contributed by atoms with Crippen LogP contribution in [0.2, 0.25) is 0 Å². The van der Waals surface area contributed by atoms with Crippen LogP contribution in [0.25, 0.3) is 0 Å². The van der Waals surface area contributed by atoms with Crippen molar-refractivity contribution in [2.75, 3.05) is 19.6 Å². The molecule has 17 heavy (non-hydrogen) atoms. The molecule has 0 bridgehead atoms. The number of rotatable bonds is 4. The molecule has 0 spiro atoms. The van der Waals surface area contributed by atoms with E-state index in [-0.39, 0.29) is 18.4 Å². The standard InChI is InChI=1S/C13H21NO2.ClH/c1-4-13(3,5-2)16-12(15)11-14-9-7-6-8-10-14;/h1H,5-11H2,2-3H3;1H. The van der Waals surface area contributed by atoms with Gasteiger partial charge >= 0.3 is 5.97 Å². The number of hydrogen-bond donors (Lipinski definition) is 0. The van der Waals surface area contributed by atoms with E-state index in [0.717, 1.165) is 13.1 Å². The first-order valence-corrected chi connectivity index (χ1v) is 6.01. The van der Waals surface area contributed by atoms with Gasteiger partial charge in [0.05, 0.1) is 6.54 Å². The highest BCUT2D eigenvalue weighted by molar-refractivity contribution is 5.85. The van der Waals surface area contributed by atoms with E-state index in [1.807, 2.05) is 6.92 Å². The molecule has 0 aromatic rings. The average molecular weight is 260 g/mol. The highest BCUT2D eigenvalue weighted by Crippen LogP contribution is 2.15. The van der Waals surface area contributed by atoms with Crippen molar-refractivity contribution in [1.82, 2.24) is 4.90 Å². The molecular formula is C13H22ClNO2. The Kier molecular flexibility index (Phi) is 7.26. The Balaban J connectivity index is 0.00000256. The van der Waals surface area contributed by atoms with Gasteiger partial charge in [-0.3, -0.25) is 9.69 Å². The normalized spacial score (nSPS) is 19.6. The molecule has 1 unspecified atom stereocenters. The van der Waals surface area contributed by atoms with Crippen LogP contribution < -0.4 is 0 Å². The van der Waals surface area contributed by atoms with Crippen LogP contribution >= 0.6 is 12.4 Å². The van der Waals surface area contributed by atoms with Crippen LogP contribution in [0.15, 0.2) is 0 Å². The molecule has 1 heterocycles. The molecule has 1 saturated heterocycles. The zero-order chi connectivity index (χ0) is 12.0. The van der Waals surface area contributed by atoms with Crippen LogP contribution in [0.5, 0.6) is 0 Å². The van der Waals surface area contributed by atoms with Crippen LogP contribution in [0.4, 0.5) is 0 Å². The summed E-state index contributed by atoms with van der Waals surface area (Å²) in [5.41, 5.74) is -0.743. The summed E-state index contributed by atoms with van der Waals surface area (Å²) in [4.78, 5) is 13.8. The Hall–Kier alpha value is -0.720. The molecule has 3 nitrogen and oxygen atoms in total. The maximum Gasteiger partial charge on any atom is 0.321 e. The fourth-order valence-electron chi connectivity index (χ4n) is 1.79. The number of nitrogens with zero attached hydrogens (tertiary/aromatic N) is 1. The van der Waals surface area contributed by atoms with Crippen molar-refractivity contribution in [3.8, 4) is 12.3 Å². The smallest absolute Gasteiger partial charge is 0.321 e. The maximum atomic E-state index is 11.7. The molecule has 1 rings (SSSR count). The molecule has 98 valence electrons. The molecule has 0 amide bonds. The predicted molar refractivity (Wildman–Crippen MR) is 71.2 cm³/mol. The number of likely N-dealkylation sites (tertiary alicyclic amines) is 1.